The summed E-state index contributed by atoms with van der Waals surface area (Å²) in [5.41, 5.74) is 4.20. The first-order valence-electron chi connectivity index (χ1n) is 14.8. The zero-order valence-electron chi connectivity index (χ0n) is 24.0. The maximum atomic E-state index is 12.1. The number of aldehydes is 1. The zero-order valence-corrected chi connectivity index (χ0v) is 24.8. The van der Waals surface area contributed by atoms with Crippen LogP contribution < -0.4 is 10.2 Å². The van der Waals surface area contributed by atoms with Gasteiger partial charge in [-0.1, -0.05) is 19.8 Å². The van der Waals surface area contributed by atoms with Crippen LogP contribution in [0.15, 0.2) is 40.7 Å². The largest absolute Gasteiger partial charge is 0.355 e. The van der Waals surface area contributed by atoms with Crippen LogP contribution in [0, 0.1) is 0 Å². The van der Waals surface area contributed by atoms with Crippen LogP contribution in [-0.2, 0) is 21.2 Å². The monoisotopic (exact) mass is 588 g/mol. The number of pyridine rings is 1. The van der Waals surface area contributed by atoms with Gasteiger partial charge in [0.15, 0.2) is 33.6 Å². The lowest BCUT2D eigenvalue weighted by Gasteiger charge is -2.28. The number of nitrogens with zero attached hydrogens (tertiary/aromatic N) is 7. The number of aromatic nitrogens is 5. The highest BCUT2D eigenvalue weighted by molar-refractivity contribution is 7.91. The molecule has 0 radical (unpaired) electrons. The minimum absolute atomic E-state index is 0.00493. The summed E-state index contributed by atoms with van der Waals surface area (Å²) in [6.45, 7) is 1.70. The molecule has 3 aliphatic carbocycles. The Kier molecular flexibility index (Phi) is 7.98. The second-order valence-corrected chi connectivity index (χ2v) is 13.7. The minimum atomic E-state index is -3.34. The predicted octanol–water partition coefficient (Wildman–Crippen LogP) is 4.47. The van der Waals surface area contributed by atoms with Gasteiger partial charge < -0.3 is 10.2 Å². The standard InChI is InChI=1S/C30H36N8O3S/c1-3-42(40,41)23-13-12-21(31-15-23)14-32-25(17-39)36-24-16-33-29(37-30(24)38(2)22-6-4-5-7-22)26-27(19-8-9-19)34-18-35-28(26)20-10-11-20/h12-13,15-20,22H,3-11,14H2,1-2H3,(H,32,36). The van der Waals surface area contributed by atoms with E-state index in [0.29, 0.717) is 47.2 Å². The molecule has 3 heterocycles. The number of hydrogen-bond acceptors (Lipinski definition) is 10. The highest BCUT2D eigenvalue weighted by Crippen LogP contribution is 2.49. The third kappa shape index (κ3) is 6.04. The Labute approximate surface area is 246 Å². The molecule has 1 N–H and O–H groups in total. The molecule has 220 valence electrons. The molecule has 6 rings (SSSR count). The van der Waals surface area contributed by atoms with Gasteiger partial charge in [-0.25, -0.2) is 28.4 Å². The van der Waals surface area contributed by atoms with Crippen LogP contribution in [-0.4, -0.2) is 64.3 Å². The first-order valence-corrected chi connectivity index (χ1v) is 16.4. The lowest BCUT2D eigenvalue weighted by atomic mass is 10.0. The molecule has 3 aromatic heterocycles. The number of hydrogen-bond donors (Lipinski definition) is 1. The SMILES string of the molecule is CCS(=O)(=O)c1ccc(CN=C(C=O)Nc2cnc(-c3c(C4CC4)ncnc3C3CC3)nc2N(C)C2CCCC2)nc1. The Morgan fingerprint density at radius 3 is 2.26 bits per heavy atom. The third-order valence-electron chi connectivity index (χ3n) is 8.36. The van der Waals surface area contributed by atoms with Crippen LogP contribution in [0.5, 0.6) is 0 Å². The van der Waals surface area contributed by atoms with E-state index in [2.05, 4.69) is 30.2 Å². The van der Waals surface area contributed by atoms with Crippen LogP contribution in [0.2, 0.25) is 0 Å². The second-order valence-electron chi connectivity index (χ2n) is 11.4. The van der Waals surface area contributed by atoms with Crippen molar-refractivity contribution >= 4 is 33.5 Å². The van der Waals surface area contributed by atoms with Crippen LogP contribution in [0.1, 0.15) is 87.2 Å². The van der Waals surface area contributed by atoms with Gasteiger partial charge >= 0.3 is 0 Å². The summed E-state index contributed by atoms with van der Waals surface area (Å²) in [7, 11) is -1.29. The van der Waals surface area contributed by atoms with Crippen molar-refractivity contribution in [1.82, 2.24) is 24.9 Å². The molecule has 11 nitrogen and oxygen atoms in total. The molecule has 0 spiro atoms. The zero-order chi connectivity index (χ0) is 29.3. The Morgan fingerprint density at radius 2 is 1.69 bits per heavy atom. The predicted molar refractivity (Wildman–Crippen MR) is 160 cm³/mol. The van der Waals surface area contributed by atoms with E-state index in [9.17, 15) is 13.2 Å². The van der Waals surface area contributed by atoms with E-state index in [1.54, 1.807) is 25.5 Å². The summed E-state index contributed by atoms with van der Waals surface area (Å²) in [6, 6.07) is 3.47. The molecule has 0 unspecified atom stereocenters. The third-order valence-corrected chi connectivity index (χ3v) is 10.1. The van der Waals surface area contributed by atoms with Crippen molar-refractivity contribution in [2.45, 2.75) is 87.6 Å². The van der Waals surface area contributed by atoms with Gasteiger partial charge in [-0.05, 0) is 50.7 Å². The normalized spacial score (nSPS) is 17.8. The maximum absolute atomic E-state index is 12.1. The number of nitrogens with one attached hydrogen (secondary N) is 1. The van der Waals surface area contributed by atoms with Crippen molar-refractivity contribution in [3.05, 3.63) is 47.9 Å². The second kappa shape index (κ2) is 11.8. The van der Waals surface area contributed by atoms with Crippen LogP contribution in [0.4, 0.5) is 11.5 Å². The lowest BCUT2D eigenvalue weighted by molar-refractivity contribution is -0.102. The minimum Gasteiger partial charge on any atom is -0.355 e. The van der Waals surface area contributed by atoms with Gasteiger partial charge in [-0.2, -0.15) is 0 Å². The average molecular weight is 589 g/mol. The molecule has 3 saturated carbocycles. The Bertz CT molecular complexity index is 1560. The Morgan fingerprint density at radius 1 is 1.00 bits per heavy atom. The number of aliphatic imine (C=N–C) groups is 1. The van der Waals surface area contributed by atoms with Gasteiger partial charge in [0, 0.05) is 31.1 Å². The molecule has 3 fully saturated rings. The Balaban J connectivity index is 1.31. The number of amidine groups is 1. The number of carbonyl (C=O) groups excluding carboxylic acids is 1. The molecule has 0 aliphatic heterocycles. The highest BCUT2D eigenvalue weighted by Gasteiger charge is 2.36. The fourth-order valence-corrected chi connectivity index (χ4v) is 6.38. The van der Waals surface area contributed by atoms with Crippen LogP contribution in [0.25, 0.3) is 11.4 Å². The topological polar surface area (TPSA) is 143 Å². The van der Waals surface area contributed by atoms with Crippen LogP contribution in [0.3, 0.4) is 0 Å². The summed E-state index contributed by atoms with van der Waals surface area (Å²) < 4.78 is 24.2. The summed E-state index contributed by atoms with van der Waals surface area (Å²) in [6.07, 6.45) is 14.4. The molecule has 12 heteroatoms. The van der Waals surface area contributed by atoms with Gasteiger partial charge in [0.1, 0.15) is 12.0 Å². The number of anilines is 2. The fourth-order valence-electron chi connectivity index (χ4n) is 5.56. The smallest absolute Gasteiger partial charge is 0.185 e. The molecular weight excluding hydrogens is 552 g/mol. The molecule has 3 aliphatic rings. The molecule has 0 saturated heterocycles. The highest BCUT2D eigenvalue weighted by atomic mass is 32.2. The molecule has 0 bridgehead atoms. The summed E-state index contributed by atoms with van der Waals surface area (Å²) in [4.78, 5) is 42.3. The van der Waals surface area contributed by atoms with Gasteiger partial charge in [0.2, 0.25) is 0 Å². The summed E-state index contributed by atoms with van der Waals surface area (Å²) in [5.74, 6) is 2.31. The van der Waals surface area contributed by atoms with E-state index in [0.717, 1.165) is 55.5 Å². The van der Waals surface area contributed by atoms with Gasteiger partial charge in [-0.15, -0.1) is 0 Å². The van der Waals surface area contributed by atoms with E-state index >= 15 is 0 Å². The van der Waals surface area contributed by atoms with Crippen molar-refractivity contribution in [3.8, 4) is 11.4 Å². The van der Waals surface area contributed by atoms with Gasteiger partial charge in [0.25, 0.3) is 0 Å². The lowest BCUT2D eigenvalue weighted by Crippen LogP contribution is -2.31. The fraction of sp³-hybridized carbons (Fsp3) is 0.500. The quantitative estimate of drug-likeness (QED) is 0.194. The first-order chi connectivity index (χ1) is 20.4. The number of carbonyl (C=O) groups is 1. The summed E-state index contributed by atoms with van der Waals surface area (Å²) in [5, 5.41) is 3.16. The van der Waals surface area contributed by atoms with E-state index in [4.69, 9.17) is 9.97 Å². The van der Waals surface area contributed by atoms with E-state index in [1.165, 1.54) is 25.1 Å². The van der Waals surface area contributed by atoms with E-state index < -0.39 is 9.84 Å². The van der Waals surface area contributed by atoms with Crippen molar-refractivity contribution in [2.75, 3.05) is 23.0 Å². The number of rotatable bonds is 11. The van der Waals surface area contributed by atoms with Gasteiger partial charge in [-0.3, -0.25) is 14.8 Å². The van der Waals surface area contributed by atoms with Crippen LogP contribution >= 0.6 is 0 Å². The van der Waals surface area contributed by atoms with Crippen molar-refractivity contribution < 1.29 is 13.2 Å². The molecular formula is C30H36N8O3S. The van der Waals surface area contributed by atoms with E-state index in [-0.39, 0.29) is 23.0 Å². The molecule has 0 atom stereocenters. The van der Waals surface area contributed by atoms with E-state index in [1.807, 2.05) is 7.05 Å². The number of sulfone groups is 1. The molecule has 0 aromatic carbocycles. The van der Waals surface area contributed by atoms with Gasteiger partial charge in [0.05, 0.1) is 46.0 Å². The van der Waals surface area contributed by atoms with Crippen molar-refractivity contribution in [3.63, 3.8) is 0 Å². The van der Waals surface area contributed by atoms with Crippen molar-refractivity contribution in [1.29, 1.82) is 0 Å². The summed E-state index contributed by atoms with van der Waals surface area (Å²) >= 11 is 0. The maximum Gasteiger partial charge on any atom is 0.185 e. The van der Waals surface area contributed by atoms with Crippen molar-refractivity contribution in [2.24, 2.45) is 4.99 Å². The Hall–Kier alpha value is -3.80. The molecule has 0 amide bonds. The average Bonchev–Trinajstić information content (AvgIpc) is 3.97. The first kappa shape index (κ1) is 28.3. The molecule has 3 aromatic rings. The molecule has 42 heavy (non-hydrogen) atoms.